The van der Waals surface area contributed by atoms with Crippen LogP contribution < -0.4 is 10.1 Å². The van der Waals surface area contributed by atoms with Crippen LogP contribution >= 0.6 is 0 Å². The number of rotatable bonds is 4. The van der Waals surface area contributed by atoms with E-state index in [1.54, 1.807) is 0 Å². The van der Waals surface area contributed by atoms with E-state index >= 15 is 4.39 Å². The molecule has 0 radical (unpaired) electrons. The SMILES string of the molecule is O=C(NC1CCOc2ccccc21)c1cnc2c(-c3cc(F)cc(F)c3F)c(F)ccc2c1C1CCOC1. The van der Waals surface area contributed by atoms with Crippen molar-refractivity contribution in [2.75, 3.05) is 19.8 Å². The molecule has 0 saturated carbocycles. The number of carbonyl (C=O) groups is 1. The molecule has 0 bridgehead atoms. The highest BCUT2D eigenvalue weighted by molar-refractivity contribution is 6.04. The van der Waals surface area contributed by atoms with E-state index in [-0.39, 0.29) is 34.5 Å². The largest absolute Gasteiger partial charge is 0.493 e. The first-order valence-electron chi connectivity index (χ1n) is 12.3. The van der Waals surface area contributed by atoms with E-state index in [2.05, 4.69) is 10.3 Å². The Morgan fingerprint density at radius 2 is 1.82 bits per heavy atom. The van der Waals surface area contributed by atoms with Crippen molar-refractivity contribution >= 4 is 16.8 Å². The Morgan fingerprint density at radius 1 is 0.974 bits per heavy atom. The lowest BCUT2D eigenvalue weighted by Crippen LogP contribution is -2.33. The topological polar surface area (TPSA) is 60.5 Å². The van der Waals surface area contributed by atoms with Gasteiger partial charge in [0, 0.05) is 53.3 Å². The first-order chi connectivity index (χ1) is 18.4. The maximum atomic E-state index is 15.1. The van der Waals surface area contributed by atoms with Crippen LogP contribution in [0.1, 0.15) is 46.3 Å². The first kappa shape index (κ1) is 24.4. The normalized spacial score (nSPS) is 18.7. The van der Waals surface area contributed by atoms with Gasteiger partial charge in [-0.25, -0.2) is 17.6 Å². The number of fused-ring (bicyclic) bond motifs is 2. The fourth-order valence-electron chi connectivity index (χ4n) is 5.37. The summed E-state index contributed by atoms with van der Waals surface area (Å²) in [6, 6.07) is 10.9. The van der Waals surface area contributed by atoms with Crippen molar-refractivity contribution in [2.45, 2.75) is 24.8 Å². The summed E-state index contributed by atoms with van der Waals surface area (Å²) in [4.78, 5) is 18.0. The van der Waals surface area contributed by atoms with Gasteiger partial charge in [-0.2, -0.15) is 0 Å². The number of carbonyl (C=O) groups excluding carboxylic acids is 1. The van der Waals surface area contributed by atoms with Gasteiger partial charge in [-0.1, -0.05) is 18.2 Å². The van der Waals surface area contributed by atoms with Crippen LogP contribution in [0, 0.1) is 23.3 Å². The Labute approximate surface area is 215 Å². The van der Waals surface area contributed by atoms with Crippen molar-refractivity contribution in [3.05, 3.63) is 94.7 Å². The van der Waals surface area contributed by atoms with Gasteiger partial charge in [-0.05, 0) is 36.2 Å². The summed E-state index contributed by atoms with van der Waals surface area (Å²) in [5.74, 6) is -4.65. The second kappa shape index (κ2) is 9.72. The predicted molar refractivity (Wildman–Crippen MR) is 132 cm³/mol. The number of amides is 1. The number of pyridine rings is 1. The minimum atomic E-state index is -1.44. The summed E-state index contributed by atoms with van der Waals surface area (Å²) in [6.45, 7) is 1.25. The van der Waals surface area contributed by atoms with Crippen LogP contribution in [-0.2, 0) is 4.74 Å². The standard InChI is InChI=1S/C29H22F4N2O3/c30-16-11-19(27(33)22(32)12-16)26-21(31)6-5-18-25(15-7-9-37-14-15)20(13-34-28(18)26)29(36)35-23-8-10-38-24-4-2-1-3-17(23)24/h1-6,11-13,15,23H,7-10,14H2,(H,35,36). The Kier molecular flexibility index (Phi) is 6.23. The molecule has 1 aromatic heterocycles. The molecule has 38 heavy (non-hydrogen) atoms. The fraction of sp³-hybridized carbons (Fsp3) is 0.241. The number of nitrogens with one attached hydrogen (secondary N) is 1. The predicted octanol–water partition coefficient (Wildman–Crippen LogP) is 6.22. The number of para-hydroxylation sites is 1. The molecule has 194 valence electrons. The zero-order valence-corrected chi connectivity index (χ0v) is 20.1. The summed E-state index contributed by atoms with van der Waals surface area (Å²) in [5, 5.41) is 3.46. The van der Waals surface area contributed by atoms with Crippen LogP contribution in [0.3, 0.4) is 0 Å². The third kappa shape index (κ3) is 4.16. The number of ether oxygens (including phenoxy) is 2. The highest BCUT2D eigenvalue weighted by atomic mass is 19.2. The summed E-state index contributed by atoms with van der Waals surface area (Å²) in [6.07, 6.45) is 2.49. The molecule has 6 rings (SSSR count). The molecule has 1 amide bonds. The van der Waals surface area contributed by atoms with Crippen LogP contribution in [0.15, 0.2) is 54.7 Å². The van der Waals surface area contributed by atoms with E-state index < -0.39 is 28.8 Å². The summed E-state index contributed by atoms with van der Waals surface area (Å²) < 4.78 is 69.2. The van der Waals surface area contributed by atoms with Crippen molar-refractivity contribution in [1.29, 1.82) is 0 Å². The van der Waals surface area contributed by atoms with Gasteiger partial charge in [0.1, 0.15) is 17.4 Å². The van der Waals surface area contributed by atoms with Gasteiger partial charge in [0.25, 0.3) is 5.91 Å². The molecule has 2 atom stereocenters. The summed E-state index contributed by atoms with van der Waals surface area (Å²) in [5.41, 5.74) is 0.763. The van der Waals surface area contributed by atoms with E-state index in [0.717, 1.165) is 17.7 Å². The molecule has 0 spiro atoms. The molecule has 5 nitrogen and oxygen atoms in total. The lowest BCUT2D eigenvalue weighted by molar-refractivity contribution is 0.0923. The Bertz CT molecular complexity index is 1570. The summed E-state index contributed by atoms with van der Waals surface area (Å²) >= 11 is 0. The number of hydrogen-bond acceptors (Lipinski definition) is 4. The van der Waals surface area contributed by atoms with Crippen molar-refractivity contribution < 1.29 is 31.8 Å². The monoisotopic (exact) mass is 522 g/mol. The van der Waals surface area contributed by atoms with Gasteiger partial charge in [-0.15, -0.1) is 0 Å². The molecule has 9 heteroatoms. The molecule has 3 heterocycles. The van der Waals surface area contributed by atoms with Crippen molar-refractivity contribution in [2.24, 2.45) is 0 Å². The number of aromatic nitrogens is 1. The van der Waals surface area contributed by atoms with Gasteiger partial charge in [-0.3, -0.25) is 9.78 Å². The lowest BCUT2D eigenvalue weighted by atomic mass is 9.88. The molecule has 2 aliphatic rings. The molecule has 0 aliphatic carbocycles. The van der Waals surface area contributed by atoms with Gasteiger partial charge in [0.2, 0.25) is 0 Å². The number of benzene rings is 3. The fourth-order valence-corrected chi connectivity index (χ4v) is 5.37. The molecule has 2 unspecified atom stereocenters. The van der Waals surface area contributed by atoms with E-state index in [4.69, 9.17) is 9.47 Å². The van der Waals surface area contributed by atoms with Crippen LogP contribution in [0.4, 0.5) is 17.6 Å². The average molecular weight is 522 g/mol. The van der Waals surface area contributed by atoms with Crippen LogP contribution in [-0.4, -0.2) is 30.7 Å². The van der Waals surface area contributed by atoms with Crippen LogP contribution in [0.25, 0.3) is 22.0 Å². The van der Waals surface area contributed by atoms with Gasteiger partial charge >= 0.3 is 0 Å². The van der Waals surface area contributed by atoms with Gasteiger partial charge in [0.15, 0.2) is 11.6 Å². The Hall–Kier alpha value is -3.98. The molecule has 1 fully saturated rings. The number of nitrogens with zero attached hydrogens (tertiary/aromatic N) is 1. The lowest BCUT2D eigenvalue weighted by Gasteiger charge is -2.27. The minimum absolute atomic E-state index is 0.00348. The van der Waals surface area contributed by atoms with Gasteiger partial charge in [0.05, 0.1) is 30.3 Å². The number of halogens is 4. The summed E-state index contributed by atoms with van der Waals surface area (Å²) in [7, 11) is 0. The smallest absolute Gasteiger partial charge is 0.253 e. The molecule has 3 aromatic carbocycles. The van der Waals surface area contributed by atoms with E-state index in [9.17, 15) is 18.0 Å². The third-order valence-corrected chi connectivity index (χ3v) is 7.14. The molecular formula is C29H22F4N2O3. The maximum absolute atomic E-state index is 15.1. The second-order valence-electron chi connectivity index (χ2n) is 9.41. The molecule has 2 aliphatic heterocycles. The highest BCUT2D eigenvalue weighted by Crippen LogP contribution is 2.40. The molecule has 4 aromatic rings. The van der Waals surface area contributed by atoms with E-state index in [1.165, 1.54) is 12.3 Å². The Morgan fingerprint density at radius 3 is 2.63 bits per heavy atom. The van der Waals surface area contributed by atoms with E-state index in [1.807, 2.05) is 24.3 Å². The average Bonchev–Trinajstić information content (AvgIpc) is 3.45. The zero-order valence-electron chi connectivity index (χ0n) is 20.1. The van der Waals surface area contributed by atoms with Gasteiger partial charge < -0.3 is 14.8 Å². The molecular weight excluding hydrogens is 500 g/mol. The molecule has 1 N–H and O–H groups in total. The van der Waals surface area contributed by atoms with Crippen molar-refractivity contribution in [1.82, 2.24) is 10.3 Å². The molecule has 1 saturated heterocycles. The maximum Gasteiger partial charge on any atom is 0.253 e. The minimum Gasteiger partial charge on any atom is -0.493 e. The van der Waals surface area contributed by atoms with Crippen LogP contribution in [0.2, 0.25) is 0 Å². The van der Waals surface area contributed by atoms with Crippen molar-refractivity contribution in [3.8, 4) is 16.9 Å². The number of hydrogen-bond donors (Lipinski definition) is 1. The van der Waals surface area contributed by atoms with E-state index in [0.29, 0.717) is 55.4 Å². The first-order valence-corrected chi connectivity index (χ1v) is 12.3. The highest BCUT2D eigenvalue weighted by Gasteiger charge is 2.30. The third-order valence-electron chi connectivity index (χ3n) is 7.14. The second-order valence-corrected chi connectivity index (χ2v) is 9.41. The Balaban J connectivity index is 1.49. The zero-order chi connectivity index (χ0) is 26.4. The van der Waals surface area contributed by atoms with Crippen molar-refractivity contribution in [3.63, 3.8) is 0 Å². The quantitative estimate of drug-likeness (QED) is 0.256. The van der Waals surface area contributed by atoms with Crippen LogP contribution in [0.5, 0.6) is 5.75 Å².